The van der Waals surface area contributed by atoms with E-state index in [1.807, 2.05) is 11.8 Å². The van der Waals surface area contributed by atoms with Crippen LogP contribution in [0, 0.1) is 17.8 Å². The molecule has 0 radical (unpaired) electrons. The zero-order valence-electron chi connectivity index (χ0n) is 10.8. The number of carbonyl (C=O) groups is 1. The van der Waals surface area contributed by atoms with Crippen LogP contribution in [-0.4, -0.2) is 30.4 Å². The third-order valence-corrected chi connectivity index (χ3v) is 2.26. The van der Waals surface area contributed by atoms with Crippen molar-refractivity contribution in [1.29, 1.82) is 0 Å². The van der Waals surface area contributed by atoms with E-state index in [1.54, 1.807) is 0 Å². The molecule has 0 aromatic heterocycles. The van der Waals surface area contributed by atoms with Crippen molar-refractivity contribution in [3.63, 3.8) is 0 Å². The lowest BCUT2D eigenvalue weighted by Gasteiger charge is -2.28. The number of hydrogen-bond acceptors (Lipinski definition) is 2. The predicted octanol–water partition coefficient (Wildman–Crippen LogP) is 1.72. The van der Waals surface area contributed by atoms with Gasteiger partial charge in [0.05, 0.1) is 0 Å². The van der Waals surface area contributed by atoms with Gasteiger partial charge >= 0.3 is 0 Å². The molecular formula is C12H26N2O. The Labute approximate surface area is 94.0 Å². The van der Waals surface area contributed by atoms with Crippen LogP contribution in [0.25, 0.3) is 0 Å². The molecule has 0 aliphatic carbocycles. The third-order valence-electron chi connectivity index (χ3n) is 2.26. The highest BCUT2D eigenvalue weighted by Crippen LogP contribution is 2.08. The second-order valence-electron chi connectivity index (χ2n) is 5.17. The largest absolute Gasteiger partial charge is 0.342 e. The van der Waals surface area contributed by atoms with Crippen molar-refractivity contribution >= 4 is 5.91 Å². The Morgan fingerprint density at radius 3 is 1.73 bits per heavy atom. The number of nitrogens with zero attached hydrogens (tertiary/aromatic N) is 1. The summed E-state index contributed by atoms with van der Waals surface area (Å²) in [7, 11) is 0. The van der Waals surface area contributed by atoms with E-state index in [0.29, 0.717) is 18.4 Å². The van der Waals surface area contributed by atoms with Gasteiger partial charge in [0, 0.05) is 25.6 Å². The molecule has 90 valence electrons. The average Bonchev–Trinajstić information content (AvgIpc) is 2.13. The van der Waals surface area contributed by atoms with E-state index in [1.165, 1.54) is 0 Å². The Bertz CT molecular complexity index is 180. The molecule has 0 rings (SSSR count). The lowest BCUT2D eigenvalue weighted by Crippen LogP contribution is -2.41. The van der Waals surface area contributed by atoms with Crippen molar-refractivity contribution in [2.45, 2.75) is 34.6 Å². The van der Waals surface area contributed by atoms with Crippen LogP contribution in [0.15, 0.2) is 0 Å². The summed E-state index contributed by atoms with van der Waals surface area (Å²) in [6, 6.07) is 0. The number of hydrogen-bond donors (Lipinski definition) is 1. The molecule has 0 aliphatic heterocycles. The van der Waals surface area contributed by atoms with Crippen LogP contribution in [0.4, 0.5) is 0 Å². The topological polar surface area (TPSA) is 46.3 Å². The minimum Gasteiger partial charge on any atom is -0.342 e. The minimum atomic E-state index is -0.0532. The highest BCUT2D eigenvalue weighted by atomic mass is 16.2. The molecule has 1 amide bonds. The van der Waals surface area contributed by atoms with Crippen molar-refractivity contribution in [3.05, 3.63) is 0 Å². The van der Waals surface area contributed by atoms with E-state index < -0.39 is 0 Å². The maximum Gasteiger partial charge on any atom is 0.226 e. The summed E-state index contributed by atoms with van der Waals surface area (Å²) in [5.74, 6) is 1.16. The zero-order chi connectivity index (χ0) is 12.0. The van der Waals surface area contributed by atoms with E-state index >= 15 is 0 Å². The summed E-state index contributed by atoms with van der Waals surface area (Å²) in [6.45, 7) is 12.5. The lowest BCUT2D eigenvalue weighted by atomic mass is 10.1. The second-order valence-corrected chi connectivity index (χ2v) is 5.17. The maximum absolute atomic E-state index is 12.0. The predicted molar refractivity (Wildman–Crippen MR) is 64.5 cm³/mol. The quantitative estimate of drug-likeness (QED) is 0.732. The van der Waals surface area contributed by atoms with Crippen molar-refractivity contribution < 1.29 is 4.79 Å². The SMILES string of the molecule is CC(C)CN(CC(C)C)C(=O)C(C)CN. The van der Waals surface area contributed by atoms with Crippen LogP contribution in [0.3, 0.4) is 0 Å². The first-order valence-corrected chi connectivity index (χ1v) is 5.87. The Morgan fingerprint density at radius 1 is 1.07 bits per heavy atom. The summed E-state index contributed by atoms with van der Waals surface area (Å²) in [6.07, 6.45) is 0. The Balaban J connectivity index is 4.40. The second kappa shape index (κ2) is 6.83. The fraction of sp³-hybridized carbons (Fsp3) is 0.917. The van der Waals surface area contributed by atoms with Gasteiger partial charge in [0.1, 0.15) is 0 Å². The van der Waals surface area contributed by atoms with Gasteiger partial charge in [-0.2, -0.15) is 0 Å². The van der Waals surface area contributed by atoms with Crippen LogP contribution in [0.2, 0.25) is 0 Å². The number of nitrogens with two attached hydrogens (primary N) is 1. The molecule has 1 atom stereocenters. The van der Waals surface area contributed by atoms with E-state index in [-0.39, 0.29) is 11.8 Å². The number of carbonyl (C=O) groups excluding carboxylic acids is 1. The van der Waals surface area contributed by atoms with Gasteiger partial charge in [-0.3, -0.25) is 4.79 Å². The highest BCUT2D eigenvalue weighted by Gasteiger charge is 2.20. The first kappa shape index (κ1) is 14.4. The van der Waals surface area contributed by atoms with Crippen molar-refractivity contribution in [1.82, 2.24) is 4.90 Å². The Kier molecular flexibility index (Phi) is 6.57. The lowest BCUT2D eigenvalue weighted by molar-refractivity contribution is -0.135. The number of rotatable bonds is 6. The molecule has 0 aromatic rings. The van der Waals surface area contributed by atoms with Gasteiger partial charge in [0.25, 0.3) is 0 Å². The summed E-state index contributed by atoms with van der Waals surface area (Å²) in [4.78, 5) is 13.9. The monoisotopic (exact) mass is 214 g/mol. The standard InChI is InChI=1S/C12H26N2O/c1-9(2)7-14(8-10(3)4)12(15)11(5)6-13/h9-11H,6-8,13H2,1-5H3. The molecule has 0 heterocycles. The maximum atomic E-state index is 12.0. The molecule has 15 heavy (non-hydrogen) atoms. The molecule has 0 fully saturated rings. The molecule has 0 aliphatic rings. The van der Waals surface area contributed by atoms with Gasteiger partial charge in [0.2, 0.25) is 5.91 Å². The van der Waals surface area contributed by atoms with Gasteiger partial charge in [-0.05, 0) is 11.8 Å². The van der Waals surface area contributed by atoms with Gasteiger partial charge in [-0.25, -0.2) is 0 Å². The van der Waals surface area contributed by atoms with E-state index in [9.17, 15) is 4.79 Å². The van der Waals surface area contributed by atoms with Crippen LogP contribution in [0.5, 0.6) is 0 Å². The summed E-state index contributed by atoms with van der Waals surface area (Å²) >= 11 is 0. The van der Waals surface area contributed by atoms with Crippen LogP contribution in [-0.2, 0) is 4.79 Å². The summed E-state index contributed by atoms with van der Waals surface area (Å²) < 4.78 is 0. The van der Waals surface area contributed by atoms with Crippen LogP contribution < -0.4 is 5.73 Å². The molecule has 0 aromatic carbocycles. The minimum absolute atomic E-state index is 0.0532. The van der Waals surface area contributed by atoms with Crippen LogP contribution >= 0.6 is 0 Å². The van der Waals surface area contributed by atoms with E-state index in [4.69, 9.17) is 5.73 Å². The first-order chi connectivity index (χ1) is 6.88. The zero-order valence-corrected chi connectivity index (χ0v) is 10.8. The molecule has 3 heteroatoms. The molecule has 0 spiro atoms. The number of amides is 1. The fourth-order valence-electron chi connectivity index (χ4n) is 1.55. The van der Waals surface area contributed by atoms with Crippen molar-refractivity contribution in [3.8, 4) is 0 Å². The van der Waals surface area contributed by atoms with E-state index in [0.717, 1.165) is 13.1 Å². The van der Waals surface area contributed by atoms with Crippen LogP contribution in [0.1, 0.15) is 34.6 Å². The molecule has 3 nitrogen and oxygen atoms in total. The fourth-order valence-corrected chi connectivity index (χ4v) is 1.55. The Hall–Kier alpha value is -0.570. The smallest absolute Gasteiger partial charge is 0.226 e. The van der Waals surface area contributed by atoms with Crippen molar-refractivity contribution in [2.75, 3.05) is 19.6 Å². The van der Waals surface area contributed by atoms with Gasteiger partial charge < -0.3 is 10.6 Å². The molecule has 0 saturated heterocycles. The molecule has 0 bridgehead atoms. The summed E-state index contributed by atoms with van der Waals surface area (Å²) in [5, 5.41) is 0. The van der Waals surface area contributed by atoms with Gasteiger partial charge in [-0.15, -0.1) is 0 Å². The Morgan fingerprint density at radius 2 is 1.47 bits per heavy atom. The average molecular weight is 214 g/mol. The first-order valence-electron chi connectivity index (χ1n) is 5.87. The molecule has 2 N–H and O–H groups in total. The normalized spacial score (nSPS) is 13.3. The third kappa shape index (κ3) is 5.78. The highest BCUT2D eigenvalue weighted by molar-refractivity contribution is 5.78. The van der Waals surface area contributed by atoms with E-state index in [2.05, 4.69) is 27.7 Å². The van der Waals surface area contributed by atoms with Gasteiger partial charge in [-0.1, -0.05) is 34.6 Å². The molecule has 0 saturated carbocycles. The summed E-state index contributed by atoms with van der Waals surface area (Å²) in [5.41, 5.74) is 5.52. The molecule has 1 unspecified atom stereocenters. The molecular weight excluding hydrogens is 188 g/mol. The van der Waals surface area contributed by atoms with Crippen molar-refractivity contribution in [2.24, 2.45) is 23.5 Å². The van der Waals surface area contributed by atoms with Gasteiger partial charge in [0.15, 0.2) is 0 Å².